The van der Waals surface area contributed by atoms with Crippen molar-refractivity contribution in [3.63, 3.8) is 0 Å². The van der Waals surface area contributed by atoms with Gasteiger partial charge < -0.3 is 25.0 Å². The van der Waals surface area contributed by atoms with Crippen molar-refractivity contribution < 1.29 is 32.9 Å². The van der Waals surface area contributed by atoms with Crippen molar-refractivity contribution >= 4 is 27.4 Å². The van der Waals surface area contributed by atoms with Gasteiger partial charge in [-0.15, -0.1) is 0 Å². The van der Waals surface area contributed by atoms with Crippen molar-refractivity contribution in [3.05, 3.63) is 88.4 Å². The van der Waals surface area contributed by atoms with Gasteiger partial charge in [0.1, 0.15) is 17.9 Å². The van der Waals surface area contributed by atoms with Crippen LogP contribution in [0.3, 0.4) is 0 Å². The minimum atomic E-state index is -3.90. The van der Waals surface area contributed by atoms with E-state index < -0.39 is 21.9 Å². The van der Waals surface area contributed by atoms with E-state index in [1.807, 2.05) is 0 Å². The van der Waals surface area contributed by atoms with Gasteiger partial charge in [0.25, 0.3) is 0 Å². The molecule has 192 valence electrons. The van der Waals surface area contributed by atoms with E-state index in [1.165, 1.54) is 37.4 Å². The molecule has 0 saturated heterocycles. The molecule has 0 bridgehead atoms. The molecule has 0 fully saturated rings. The van der Waals surface area contributed by atoms with E-state index in [9.17, 15) is 18.3 Å². The van der Waals surface area contributed by atoms with E-state index in [2.05, 4.69) is 5.32 Å². The summed E-state index contributed by atoms with van der Waals surface area (Å²) in [5.74, 6) is -0.624. The number of carbonyl (C=O) groups excluding carboxylic acids is 1. The van der Waals surface area contributed by atoms with Crippen molar-refractivity contribution in [2.75, 3.05) is 33.4 Å². The smallest absolute Gasteiger partial charge is 0.341 e. The fourth-order valence-corrected chi connectivity index (χ4v) is 4.99. The molecule has 3 N–H and O–H groups in total. The van der Waals surface area contributed by atoms with Gasteiger partial charge in [0.15, 0.2) is 0 Å². The number of hydrogen-bond donors (Lipinski definition) is 3. The highest BCUT2D eigenvalue weighted by Gasteiger charge is 2.22. The summed E-state index contributed by atoms with van der Waals surface area (Å²) in [7, 11) is -2.71. The fourth-order valence-electron chi connectivity index (χ4n) is 3.50. The molecule has 0 heterocycles. The van der Waals surface area contributed by atoms with Crippen molar-refractivity contribution in [1.29, 1.82) is 0 Å². The van der Waals surface area contributed by atoms with E-state index >= 15 is 0 Å². The minimum Gasteiger partial charge on any atom is -0.490 e. The van der Waals surface area contributed by atoms with Crippen LogP contribution in [0, 0.1) is 0 Å². The Morgan fingerprint density at radius 1 is 1.06 bits per heavy atom. The SMILES string of the molecule is COC(=O)c1cc(S(=O)(=O)c2ccc(CCNC[C@@H](O)c3cccc(Cl)c3)cc2)ccc1OCCO. The highest BCUT2D eigenvalue weighted by atomic mass is 35.5. The van der Waals surface area contributed by atoms with Crippen molar-refractivity contribution in [2.24, 2.45) is 0 Å². The Kier molecular flexibility index (Phi) is 9.86. The molecule has 0 aromatic heterocycles. The minimum absolute atomic E-state index is 0.0466. The number of sulfone groups is 1. The Labute approximate surface area is 215 Å². The third-order valence-electron chi connectivity index (χ3n) is 5.41. The Hall–Kier alpha value is -2.95. The molecule has 0 spiro atoms. The maximum atomic E-state index is 13.1. The Balaban J connectivity index is 1.64. The summed E-state index contributed by atoms with van der Waals surface area (Å²) in [5, 5.41) is 23.0. The standard InChI is InChI=1S/C26H28ClNO7S/c1-34-26(31)23-16-22(9-10-25(23)35-14-13-29)36(32,33)21-7-5-18(6-8-21)11-12-28-17-24(30)19-3-2-4-20(27)15-19/h2-10,15-16,24,28-30H,11-14,17H2,1H3/t24-/m1/s1. The number of esters is 1. The second-order valence-electron chi connectivity index (χ2n) is 7.89. The van der Waals surface area contributed by atoms with E-state index in [0.29, 0.717) is 24.5 Å². The number of halogens is 1. The first-order valence-electron chi connectivity index (χ1n) is 11.2. The molecule has 3 aromatic rings. The lowest BCUT2D eigenvalue weighted by atomic mass is 10.1. The van der Waals surface area contributed by atoms with Crippen LogP contribution in [0.4, 0.5) is 0 Å². The van der Waals surface area contributed by atoms with Crippen molar-refractivity contribution in [1.82, 2.24) is 5.32 Å². The first kappa shape index (κ1) is 27.6. The van der Waals surface area contributed by atoms with Gasteiger partial charge in [-0.2, -0.15) is 0 Å². The Morgan fingerprint density at radius 2 is 1.78 bits per heavy atom. The van der Waals surface area contributed by atoms with Crippen LogP contribution in [0.25, 0.3) is 0 Å². The maximum Gasteiger partial charge on any atom is 0.341 e. The van der Waals surface area contributed by atoms with E-state index in [1.54, 1.807) is 36.4 Å². The van der Waals surface area contributed by atoms with Crippen LogP contribution in [0.15, 0.2) is 76.5 Å². The molecule has 0 aliphatic heterocycles. The van der Waals surface area contributed by atoms with E-state index in [-0.39, 0.29) is 34.3 Å². The molecule has 0 amide bonds. The molecule has 10 heteroatoms. The molecule has 0 aliphatic rings. The van der Waals surface area contributed by atoms with Gasteiger partial charge in [0.05, 0.1) is 29.6 Å². The number of methoxy groups -OCH3 is 1. The molecular weight excluding hydrogens is 506 g/mol. The number of benzene rings is 3. The molecule has 1 atom stereocenters. The average molecular weight is 534 g/mol. The zero-order valence-corrected chi connectivity index (χ0v) is 21.3. The van der Waals surface area contributed by atoms with E-state index in [0.717, 1.165) is 11.1 Å². The molecule has 0 aliphatic carbocycles. The number of carbonyl (C=O) groups is 1. The van der Waals surface area contributed by atoms with Crippen molar-refractivity contribution in [3.8, 4) is 5.75 Å². The summed E-state index contributed by atoms with van der Waals surface area (Å²) in [5.41, 5.74) is 1.60. The van der Waals surface area contributed by atoms with Gasteiger partial charge in [-0.1, -0.05) is 35.9 Å². The fraction of sp³-hybridized carbons (Fsp3) is 0.269. The number of aliphatic hydroxyl groups is 2. The Bertz CT molecular complexity index is 1280. The zero-order chi connectivity index (χ0) is 26.1. The van der Waals surface area contributed by atoms with Gasteiger partial charge in [-0.25, -0.2) is 13.2 Å². The summed E-state index contributed by atoms with van der Waals surface area (Å²) < 4.78 is 36.3. The molecule has 3 aromatic carbocycles. The molecule has 3 rings (SSSR count). The zero-order valence-electron chi connectivity index (χ0n) is 19.7. The second-order valence-corrected chi connectivity index (χ2v) is 10.3. The van der Waals surface area contributed by atoms with Gasteiger partial charge >= 0.3 is 5.97 Å². The molecule has 8 nitrogen and oxygen atoms in total. The lowest BCUT2D eigenvalue weighted by Gasteiger charge is -2.13. The van der Waals surface area contributed by atoms with E-state index in [4.69, 9.17) is 26.2 Å². The summed E-state index contributed by atoms with van der Waals surface area (Å²) in [4.78, 5) is 12.1. The highest BCUT2D eigenvalue weighted by Crippen LogP contribution is 2.28. The third kappa shape index (κ3) is 7.05. The molecule has 36 heavy (non-hydrogen) atoms. The van der Waals surface area contributed by atoms with Crippen molar-refractivity contribution in [2.45, 2.75) is 22.3 Å². The first-order valence-corrected chi connectivity index (χ1v) is 13.1. The van der Waals surface area contributed by atoms with Crippen LogP contribution in [-0.4, -0.2) is 58.0 Å². The third-order valence-corrected chi connectivity index (χ3v) is 7.41. The summed E-state index contributed by atoms with van der Waals surface area (Å²) in [6.07, 6.45) is -0.0575. The summed E-state index contributed by atoms with van der Waals surface area (Å²) in [6.45, 7) is 0.631. The number of nitrogens with one attached hydrogen (secondary N) is 1. The predicted molar refractivity (Wildman–Crippen MR) is 135 cm³/mol. The summed E-state index contributed by atoms with van der Waals surface area (Å²) >= 11 is 5.96. The highest BCUT2D eigenvalue weighted by molar-refractivity contribution is 7.91. The van der Waals surface area contributed by atoms with Crippen LogP contribution in [0.1, 0.15) is 27.6 Å². The lowest BCUT2D eigenvalue weighted by Crippen LogP contribution is -2.23. The average Bonchev–Trinajstić information content (AvgIpc) is 2.89. The van der Waals surface area contributed by atoms with Gasteiger partial charge in [-0.3, -0.25) is 0 Å². The maximum absolute atomic E-state index is 13.1. The van der Waals surface area contributed by atoms with Crippen LogP contribution >= 0.6 is 11.6 Å². The quantitative estimate of drug-likeness (QED) is 0.240. The van der Waals surface area contributed by atoms with Gasteiger partial charge in [0.2, 0.25) is 9.84 Å². The first-order chi connectivity index (χ1) is 17.3. The van der Waals surface area contributed by atoms with Crippen LogP contribution in [-0.2, 0) is 21.0 Å². The molecule has 0 unspecified atom stereocenters. The molecule has 0 radical (unpaired) electrons. The molecular formula is C26H28ClNO7S. The van der Waals surface area contributed by atoms with Gasteiger partial charge in [-0.05, 0) is 66.6 Å². The summed E-state index contributed by atoms with van der Waals surface area (Å²) in [6, 6.07) is 17.4. The predicted octanol–water partition coefficient (Wildman–Crippen LogP) is 3.20. The molecule has 0 saturated carbocycles. The van der Waals surface area contributed by atoms with Crippen LogP contribution < -0.4 is 10.1 Å². The Morgan fingerprint density at radius 3 is 2.44 bits per heavy atom. The largest absolute Gasteiger partial charge is 0.490 e. The number of rotatable bonds is 12. The number of aliphatic hydroxyl groups excluding tert-OH is 2. The lowest BCUT2D eigenvalue weighted by molar-refractivity contribution is 0.0594. The monoisotopic (exact) mass is 533 g/mol. The number of hydrogen-bond acceptors (Lipinski definition) is 8. The topological polar surface area (TPSA) is 122 Å². The second kappa shape index (κ2) is 12.8. The van der Waals surface area contributed by atoms with Gasteiger partial charge in [0, 0.05) is 11.6 Å². The van der Waals surface area contributed by atoms with Crippen LogP contribution in [0.2, 0.25) is 5.02 Å². The number of ether oxygens (including phenoxy) is 2. The normalized spacial score (nSPS) is 12.2. The van der Waals surface area contributed by atoms with Crippen LogP contribution in [0.5, 0.6) is 5.75 Å².